The Balaban J connectivity index is 2.49. The van der Waals surface area contributed by atoms with E-state index in [1.165, 1.54) is 0 Å². The number of halogens is 5. The second-order valence-corrected chi connectivity index (χ2v) is 4.34. The maximum absolute atomic E-state index is 13.6. The second-order valence-electron chi connectivity index (χ2n) is 3.93. The van der Waals surface area contributed by atoms with E-state index in [9.17, 15) is 17.6 Å². The van der Waals surface area contributed by atoms with E-state index in [1.54, 1.807) is 0 Å². The molecule has 0 aliphatic rings. The predicted octanol–water partition coefficient (Wildman–Crippen LogP) is 3.94. The van der Waals surface area contributed by atoms with Crippen LogP contribution in [-0.4, -0.2) is 0 Å². The van der Waals surface area contributed by atoms with Crippen molar-refractivity contribution in [1.29, 1.82) is 0 Å². The predicted molar refractivity (Wildman–Crippen MR) is 63.8 cm³/mol. The lowest BCUT2D eigenvalue weighted by molar-refractivity contribution is 0.551. The topological polar surface area (TPSA) is 26.0 Å². The highest BCUT2D eigenvalue weighted by Gasteiger charge is 2.19. The molecular weight excluding hydrogens is 282 g/mol. The molecule has 0 saturated carbocycles. The van der Waals surface area contributed by atoms with Crippen molar-refractivity contribution in [3.63, 3.8) is 0 Å². The van der Waals surface area contributed by atoms with Crippen LogP contribution in [0, 0.1) is 23.3 Å². The van der Waals surface area contributed by atoms with E-state index in [1.807, 2.05) is 0 Å². The monoisotopic (exact) mass is 289 g/mol. The fourth-order valence-corrected chi connectivity index (χ4v) is 1.85. The first-order valence-electron chi connectivity index (χ1n) is 5.25. The normalized spacial score (nSPS) is 12.5. The smallest absolute Gasteiger partial charge is 0.142 e. The summed E-state index contributed by atoms with van der Waals surface area (Å²) in [4.78, 5) is 0. The Kier molecular flexibility index (Phi) is 3.78. The highest BCUT2D eigenvalue weighted by Crippen LogP contribution is 2.28. The van der Waals surface area contributed by atoms with E-state index in [4.69, 9.17) is 17.3 Å². The average Bonchev–Trinajstić information content (AvgIpc) is 2.33. The van der Waals surface area contributed by atoms with Crippen molar-refractivity contribution in [3.05, 3.63) is 69.8 Å². The molecule has 0 aliphatic carbocycles. The molecule has 1 unspecified atom stereocenters. The highest BCUT2D eigenvalue weighted by atomic mass is 35.5. The lowest BCUT2D eigenvalue weighted by Crippen LogP contribution is -2.16. The maximum Gasteiger partial charge on any atom is 0.142 e. The van der Waals surface area contributed by atoms with Gasteiger partial charge in [-0.1, -0.05) is 17.7 Å². The van der Waals surface area contributed by atoms with Crippen LogP contribution in [0.5, 0.6) is 0 Å². The zero-order valence-electron chi connectivity index (χ0n) is 9.43. The fraction of sp³-hybridized carbons (Fsp3) is 0.0769. The highest BCUT2D eigenvalue weighted by molar-refractivity contribution is 6.30. The molecule has 0 amide bonds. The van der Waals surface area contributed by atoms with Crippen molar-refractivity contribution in [1.82, 2.24) is 0 Å². The van der Waals surface area contributed by atoms with Gasteiger partial charge in [-0.05, 0) is 18.2 Å². The average molecular weight is 290 g/mol. The van der Waals surface area contributed by atoms with Gasteiger partial charge in [0.05, 0.1) is 11.1 Å². The largest absolute Gasteiger partial charge is 0.320 e. The first-order chi connectivity index (χ1) is 8.90. The molecule has 0 aliphatic heterocycles. The quantitative estimate of drug-likeness (QED) is 0.657. The third kappa shape index (κ3) is 2.72. The zero-order valence-corrected chi connectivity index (χ0v) is 10.2. The van der Waals surface area contributed by atoms with Crippen LogP contribution in [0.15, 0.2) is 30.3 Å². The van der Waals surface area contributed by atoms with E-state index in [0.29, 0.717) is 6.07 Å². The first-order valence-corrected chi connectivity index (χ1v) is 5.63. The molecule has 0 bridgehead atoms. The van der Waals surface area contributed by atoms with Gasteiger partial charge >= 0.3 is 0 Å². The van der Waals surface area contributed by atoms with Crippen LogP contribution >= 0.6 is 11.6 Å². The van der Waals surface area contributed by atoms with Crippen molar-refractivity contribution in [2.45, 2.75) is 6.04 Å². The summed E-state index contributed by atoms with van der Waals surface area (Å²) in [6.45, 7) is 0. The van der Waals surface area contributed by atoms with Gasteiger partial charge in [-0.15, -0.1) is 0 Å². The van der Waals surface area contributed by atoms with Crippen molar-refractivity contribution >= 4 is 11.6 Å². The Morgan fingerprint density at radius 2 is 1.47 bits per heavy atom. The van der Waals surface area contributed by atoms with Crippen LogP contribution in [0.25, 0.3) is 0 Å². The minimum absolute atomic E-state index is 0.137. The molecule has 2 rings (SSSR count). The maximum atomic E-state index is 13.6. The number of hydrogen-bond acceptors (Lipinski definition) is 1. The molecule has 100 valence electrons. The standard InChI is InChI=1S/C13H8ClF4N/c14-9-5-11(17)8(4-12(9)18)13(19)7-2-1-6(15)3-10(7)16/h1-5,13H,19H2. The van der Waals surface area contributed by atoms with E-state index >= 15 is 0 Å². The van der Waals surface area contributed by atoms with Crippen LogP contribution < -0.4 is 5.73 Å². The summed E-state index contributed by atoms with van der Waals surface area (Å²) >= 11 is 5.41. The molecular formula is C13H8ClF4N. The lowest BCUT2D eigenvalue weighted by atomic mass is 9.98. The third-order valence-electron chi connectivity index (χ3n) is 2.67. The van der Waals surface area contributed by atoms with Gasteiger partial charge in [0.2, 0.25) is 0 Å². The van der Waals surface area contributed by atoms with Gasteiger partial charge in [-0.3, -0.25) is 0 Å². The van der Waals surface area contributed by atoms with Crippen LogP contribution in [-0.2, 0) is 0 Å². The SMILES string of the molecule is NC(c1ccc(F)cc1F)c1cc(F)c(Cl)cc1F. The number of rotatable bonds is 2. The van der Waals surface area contributed by atoms with Crippen molar-refractivity contribution in [2.75, 3.05) is 0 Å². The molecule has 1 atom stereocenters. The van der Waals surface area contributed by atoms with Gasteiger partial charge in [0.15, 0.2) is 0 Å². The molecule has 0 radical (unpaired) electrons. The van der Waals surface area contributed by atoms with Gasteiger partial charge in [0.25, 0.3) is 0 Å². The number of nitrogens with two attached hydrogens (primary N) is 1. The van der Waals surface area contributed by atoms with Gasteiger partial charge in [-0.25, -0.2) is 17.6 Å². The minimum Gasteiger partial charge on any atom is -0.320 e. The Labute approximate surface area is 111 Å². The molecule has 1 nitrogen and oxygen atoms in total. The number of benzene rings is 2. The summed E-state index contributed by atoms with van der Waals surface area (Å²) < 4.78 is 53.3. The third-order valence-corrected chi connectivity index (χ3v) is 2.96. The molecule has 6 heteroatoms. The van der Waals surface area contributed by atoms with Crippen LogP contribution in [0.1, 0.15) is 17.2 Å². The van der Waals surface area contributed by atoms with Crippen LogP contribution in [0.3, 0.4) is 0 Å². The van der Waals surface area contributed by atoms with Gasteiger partial charge in [-0.2, -0.15) is 0 Å². The molecule has 0 fully saturated rings. The fourth-order valence-electron chi connectivity index (χ4n) is 1.70. The van der Waals surface area contributed by atoms with Gasteiger partial charge < -0.3 is 5.73 Å². The molecule has 0 heterocycles. The van der Waals surface area contributed by atoms with Crippen LogP contribution in [0.4, 0.5) is 17.6 Å². The Hall–Kier alpha value is -1.59. The Morgan fingerprint density at radius 1 is 0.842 bits per heavy atom. The van der Waals surface area contributed by atoms with E-state index in [2.05, 4.69) is 0 Å². The summed E-state index contributed by atoms with van der Waals surface area (Å²) in [6.07, 6.45) is 0. The van der Waals surface area contributed by atoms with Crippen molar-refractivity contribution < 1.29 is 17.6 Å². The molecule has 19 heavy (non-hydrogen) atoms. The van der Waals surface area contributed by atoms with E-state index in [-0.39, 0.29) is 11.1 Å². The zero-order chi connectivity index (χ0) is 14.2. The summed E-state index contributed by atoms with van der Waals surface area (Å²) in [5, 5.41) is -0.395. The molecule has 2 aromatic carbocycles. The van der Waals surface area contributed by atoms with E-state index < -0.39 is 34.3 Å². The van der Waals surface area contributed by atoms with Crippen molar-refractivity contribution in [2.24, 2.45) is 5.73 Å². The molecule has 2 aromatic rings. The van der Waals surface area contributed by atoms with Gasteiger partial charge in [0.1, 0.15) is 23.3 Å². The van der Waals surface area contributed by atoms with Crippen molar-refractivity contribution in [3.8, 4) is 0 Å². The van der Waals surface area contributed by atoms with E-state index in [0.717, 1.165) is 24.3 Å². The first kappa shape index (κ1) is 13.8. The summed E-state index contributed by atoms with van der Waals surface area (Å²) in [5.41, 5.74) is 5.28. The molecule has 2 N–H and O–H groups in total. The lowest BCUT2D eigenvalue weighted by Gasteiger charge is -2.15. The summed E-state index contributed by atoms with van der Waals surface area (Å²) in [6, 6.07) is 2.99. The summed E-state index contributed by atoms with van der Waals surface area (Å²) in [7, 11) is 0. The Morgan fingerprint density at radius 3 is 2.11 bits per heavy atom. The molecule has 0 aromatic heterocycles. The second kappa shape index (κ2) is 5.19. The minimum atomic E-state index is -1.26. The summed E-state index contributed by atoms with van der Waals surface area (Å²) in [5.74, 6) is -3.43. The van der Waals surface area contributed by atoms with Crippen LogP contribution in [0.2, 0.25) is 5.02 Å². The number of hydrogen-bond donors (Lipinski definition) is 1. The molecule has 0 saturated heterocycles. The van der Waals surface area contributed by atoms with Gasteiger partial charge in [0, 0.05) is 17.2 Å². The Bertz CT molecular complexity index is 630. The molecule has 0 spiro atoms.